The highest BCUT2D eigenvalue weighted by Crippen LogP contribution is 2.27. The fourth-order valence-corrected chi connectivity index (χ4v) is 4.35. The zero-order valence-electron chi connectivity index (χ0n) is 18.0. The summed E-state index contributed by atoms with van der Waals surface area (Å²) in [5, 5.41) is 10.4. The average molecular weight is 455 g/mol. The van der Waals surface area contributed by atoms with Crippen LogP contribution in [0, 0.1) is 6.92 Å². The molecule has 2 aromatic heterocycles. The largest absolute Gasteiger partial charge is 0.485 e. The number of ether oxygens (including phenoxy) is 1. The Hall–Kier alpha value is -3.91. The first-order valence-corrected chi connectivity index (χ1v) is 11.5. The molecule has 164 valence electrons. The van der Waals surface area contributed by atoms with Crippen molar-refractivity contribution in [3.63, 3.8) is 0 Å². The predicted octanol–water partition coefficient (Wildman–Crippen LogP) is 4.97. The summed E-state index contributed by atoms with van der Waals surface area (Å²) in [6.45, 7) is 2.32. The van der Waals surface area contributed by atoms with Crippen LogP contribution in [0.1, 0.15) is 17.2 Å². The highest BCUT2D eigenvalue weighted by molar-refractivity contribution is 7.98. The molecule has 0 unspecified atom stereocenters. The van der Waals surface area contributed by atoms with Crippen molar-refractivity contribution >= 4 is 28.5 Å². The number of para-hydroxylation sites is 3. The number of nitrogens with zero attached hydrogens (tertiary/aromatic N) is 5. The summed E-state index contributed by atoms with van der Waals surface area (Å²) in [6.07, 6.45) is 0. The van der Waals surface area contributed by atoms with Crippen LogP contribution in [0.15, 0.2) is 84.0 Å². The second-order valence-electron chi connectivity index (χ2n) is 7.45. The fraction of sp³-hybridized carbons (Fsp3) is 0.120. The lowest BCUT2D eigenvalue weighted by atomic mass is 10.2. The smallest absolute Gasteiger partial charge is 0.196 e. The monoisotopic (exact) mass is 454 g/mol. The number of hydrogen-bond donors (Lipinski definition) is 1. The van der Waals surface area contributed by atoms with Crippen LogP contribution in [0.4, 0.5) is 5.82 Å². The summed E-state index contributed by atoms with van der Waals surface area (Å²) in [7, 11) is 0. The van der Waals surface area contributed by atoms with E-state index in [1.807, 2.05) is 90.4 Å². The number of nitrogens with two attached hydrogens (primary N) is 1. The van der Waals surface area contributed by atoms with E-state index in [0.29, 0.717) is 29.8 Å². The predicted molar refractivity (Wildman–Crippen MR) is 130 cm³/mol. The maximum absolute atomic E-state index is 6.15. The molecule has 7 nitrogen and oxygen atoms in total. The van der Waals surface area contributed by atoms with Crippen LogP contribution in [0.3, 0.4) is 0 Å². The first-order valence-electron chi connectivity index (χ1n) is 10.5. The van der Waals surface area contributed by atoms with Crippen molar-refractivity contribution in [2.75, 3.05) is 5.73 Å². The van der Waals surface area contributed by atoms with E-state index < -0.39 is 0 Å². The fourth-order valence-electron chi connectivity index (χ4n) is 3.53. The summed E-state index contributed by atoms with van der Waals surface area (Å²) >= 11 is 1.51. The molecular formula is C25H22N6OS. The highest BCUT2D eigenvalue weighted by atomic mass is 32.2. The van der Waals surface area contributed by atoms with Gasteiger partial charge in [-0.3, -0.25) is 4.57 Å². The number of hydrogen-bond acceptors (Lipinski definition) is 7. The molecule has 0 radical (unpaired) electrons. The molecule has 0 fully saturated rings. The SMILES string of the molecule is Cc1ccccc1OCc1nnc(SCc2nc(N)c3ccccc3n2)n1-c1ccccc1. The molecule has 2 N–H and O–H groups in total. The summed E-state index contributed by atoms with van der Waals surface area (Å²) in [5.41, 5.74) is 9.02. The van der Waals surface area contributed by atoms with Gasteiger partial charge in [0.05, 0.1) is 11.3 Å². The van der Waals surface area contributed by atoms with Crippen molar-refractivity contribution in [3.05, 3.63) is 96.1 Å². The summed E-state index contributed by atoms with van der Waals surface area (Å²) in [5.74, 6) is 3.18. The molecule has 0 spiro atoms. The Morgan fingerprint density at radius 3 is 2.48 bits per heavy atom. The van der Waals surface area contributed by atoms with Crippen LogP contribution in [0.5, 0.6) is 5.75 Å². The van der Waals surface area contributed by atoms with Gasteiger partial charge >= 0.3 is 0 Å². The van der Waals surface area contributed by atoms with E-state index in [1.165, 1.54) is 11.8 Å². The molecule has 0 saturated heterocycles. The molecule has 0 atom stereocenters. The summed E-state index contributed by atoms with van der Waals surface area (Å²) < 4.78 is 8.06. The lowest BCUT2D eigenvalue weighted by Crippen LogP contribution is -2.07. The Morgan fingerprint density at radius 2 is 1.64 bits per heavy atom. The molecule has 5 aromatic rings. The maximum Gasteiger partial charge on any atom is 0.196 e. The van der Waals surface area contributed by atoms with Crippen LogP contribution >= 0.6 is 11.8 Å². The lowest BCUT2D eigenvalue weighted by molar-refractivity contribution is 0.291. The van der Waals surface area contributed by atoms with Gasteiger partial charge in [-0.25, -0.2) is 9.97 Å². The number of aromatic nitrogens is 5. The Kier molecular flexibility index (Phi) is 5.91. The summed E-state index contributed by atoms with van der Waals surface area (Å²) in [6, 6.07) is 25.7. The Bertz CT molecular complexity index is 1400. The second-order valence-corrected chi connectivity index (χ2v) is 8.40. The number of aryl methyl sites for hydroxylation is 1. The van der Waals surface area contributed by atoms with E-state index >= 15 is 0 Å². The molecule has 5 rings (SSSR count). The van der Waals surface area contributed by atoms with Gasteiger partial charge in [-0.05, 0) is 42.8 Å². The maximum atomic E-state index is 6.15. The highest BCUT2D eigenvalue weighted by Gasteiger charge is 2.16. The molecule has 0 aliphatic carbocycles. The third-order valence-electron chi connectivity index (χ3n) is 5.17. The van der Waals surface area contributed by atoms with Gasteiger partial charge in [0.1, 0.15) is 24.0 Å². The topological polar surface area (TPSA) is 91.7 Å². The summed E-state index contributed by atoms with van der Waals surface area (Å²) in [4.78, 5) is 9.13. The molecule has 0 bridgehead atoms. The lowest BCUT2D eigenvalue weighted by Gasteiger charge is -2.12. The van der Waals surface area contributed by atoms with Crippen molar-refractivity contribution in [3.8, 4) is 11.4 Å². The van der Waals surface area contributed by atoms with E-state index in [4.69, 9.17) is 10.5 Å². The van der Waals surface area contributed by atoms with Crippen LogP contribution in [0.25, 0.3) is 16.6 Å². The standard InChI is InChI=1S/C25H22N6OS/c1-17-9-5-8-14-21(17)32-15-23-29-30-25(31(23)18-10-3-2-4-11-18)33-16-22-27-20-13-7-6-12-19(20)24(26)28-22/h2-14H,15-16H2,1H3,(H2,26,27,28). The van der Waals surface area contributed by atoms with Gasteiger partial charge in [0, 0.05) is 11.1 Å². The van der Waals surface area contributed by atoms with Gasteiger partial charge in [0.15, 0.2) is 11.0 Å². The van der Waals surface area contributed by atoms with Gasteiger partial charge in [-0.15, -0.1) is 10.2 Å². The Balaban J connectivity index is 1.42. The van der Waals surface area contributed by atoms with Gasteiger partial charge in [0.2, 0.25) is 0 Å². The van der Waals surface area contributed by atoms with E-state index in [-0.39, 0.29) is 0 Å². The Morgan fingerprint density at radius 1 is 0.879 bits per heavy atom. The number of rotatable bonds is 7. The third kappa shape index (κ3) is 4.51. The van der Waals surface area contributed by atoms with E-state index in [9.17, 15) is 0 Å². The Labute approximate surface area is 195 Å². The van der Waals surface area contributed by atoms with Gasteiger partial charge in [-0.1, -0.05) is 60.3 Å². The van der Waals surface area contributed by atoms with Crippen LogP contribution < -0.4 is 10.5 Å². The minimum absolute atomic E-state index is 0.298. The number of anilines is 1. The minimum atomic E-state index is 0.298. The number of nitrogen functional groups attached to an aromatic ring is 1. The second kappa shape index (κ2) is 9.30. The van der Waals surface area contributed by atoms with Crippen LogP contribution in [-0.2, 0) is 12.4 Å². The molecule has 3 aromatic carbocycles. The van der Waals surface area contributed by atoms with Gasteiger partial charge < -0.3 is 10.5 Å². The number of fused-ring (bicyclic) bond motifs is 1. The molecule has 0 saturated carbocycles. The number of benzene rings is 3. The molecule has 33 heavy (non-hydrogen) atoms. The van der Waals surface area contributed by atoms with Gasteiger partial charge in [0.25, 0.3) is 0 Å². The minimum Gasteiger partial charge on any atom is -0.485 e. The van der Waals surface area contributed by atoms with Crippen molar-refractivity contribution < 1.29 is 4.74 Å². The molecule has 0 amide bonds. The van der Waals surface area contributed by atoms with E-state index in [0.717, 1.165) is 33.1 Å². The van der Waals surface area contributed by atoms with Crippen LogP contribution in [0.2, 0.25) is 0 Å². The quantitative estimate of drug-likeness (QED) is 0.347. The molecule has 0 aliphatic rings. The van der Waals surface area contributed by atoms with E-state index in [2.05, 4.69) is 20.2 Å². The first kappa shape index (κ1) is 21.0. The first-order chi connectivity index (χ1) is 16.2. The molecule has 8 heteroatoms. The normalized spacial score (nSPS) is 11.1. The molecular weight excluding hydrogens is 432 g/mol. The van der Waals surface area contributed by atoms with Crippen LogP contribution in [-0.4, -0.2) is 24.7 Å². The van der Waals surface area contributed by atoms with Crippen molar-refractivity contribution in [1.29, 1.82) is 0 Å². The van der Waals surface area contributed by atoms with E-state index in [1.54, 1.807) is 0 Å². The molecule has 0 aliphatic heterocycles. The van der Waals surface area contributed by atoms with Crippen molar-refractivity contribution in [1.82, 2.24) is 24.7 Å². The zero-order valence-corrected chi connectivity index (χ0v) is 18.9. The molecule has 2 heterocycles. The zero-order chi connectivity index (χ0) is 22.6. The average Bonchev–Trinajstić information content (AvgIpc) is 3.25. The number of thioether (sulfide) groups is 1. The van der Waals surface area contributed by atoms with Crippen molar-refractivity contribution in [2.24, 2.45) is 0 Å². The van der Waals surface area contributed by atoms with Crippen molar-refractivity contribution in [2.45, 2.75) is 24.4 Å². The van der Waals surface area contributed by atoms with Gasteiger partial charge in [-0.2, -0.15) is 0 Å². The third-order valence-corrected chi connectivity index (χ3v) is 6.10.